The number of phosphoric acid groups is 1. The summed E-state index contributed by atoms with van der Waals surface area (Å²) >= 11 is 0. The van der Waals surface area contributed by atoms with Crippen molar-refractivity contribution in [1.82, 2.24) is 14.6 Å². The highest BCUT2D eigenvalue weighted by atomic mass is 31.2. The first-order valence-corrected chi connectivity index (χ1v) is 21.0. The molecule has 16 heteroatoms. The van der Waals surface area contributed by atoms with Crippen LogP contribution in [0.2, 0.25) is 0 Å². The number of aliphatic hydroxyl groups excluding tert-OH is 2. The van der Waals surface area contributed by atoms with E-state index in [2.05, 4.69) is 17.0 Å². The predicted molar refractivity (Wildman–Crippen MR) is 203 cm³/mol. The molecule has 1 aliphatic rings. The molecule has 2 aromatic heterocycles. The van der Waals surface area contributed by atoms with Crippen molar-refractivity contribution in [3.05, 3.63) is 59.3 Å². The average Bonchev–Trinajstić information content (AvgIpc) is 3.71. The van der Waals surface area contributed by atoms with Gasteiger partial charge in [0, 0.05) is 0 Å². The molecule has 4 rings (SSSR count). The first-order chi connectivity index (χ1) is 26.5. The number of anilines is 1. The predicted octanol–water partition coefficient (Wildman–Crippen LogP) is 7.36. The molecule has 1 aromatic carbocycles. The molecule has 2 unspecified atom stereocenters. The Morgan fingerprint density at radius 1 is 0.982 bits per heavy atom. The van der Waals surface area contributed by atoms with Crippen LogP contribution in [-0.2, 0) is 29.7 Å². The number of aliphatic hydroxyl groups is 2. The molecule has 0 spiro atoms. The zero-order valence-corrected chi connectivity index (χ0v) is 32.6. The van der Waals surface area contributed by atoms with Gasteiger partial charge in [-0.3, -0.25) is 9.05 Å². The van der Waals surface area contributed by atoms with Crippen molar-refractivity contribution in [3.63, 3.8) is 0 Å². The van der Waals surface area contributed by atoms with Crippen LogP contribution in [0.25, 0.3) is 5.52 Å². The van der Waals surface area contributed by atoms with Crippen molar-refractivity contribution in [2.24, 2.45) is 0 Å². The van der Waals surface area contributed by atoms with Crippen LogP contribution in [-0.4, -0.2) is 66.8 Å². The highest BCUT2D eigenvalue weighted by Gasteiger charge is 2.57. The zero-order valence-electron chi connectivity index (χ0n) is 31.7. The summed E-state index contributed by atoms with van der Waals surface area (Å²) in [5, 5.41) is 45.1. The molecular formula is C39H56FN6O8P. The highest BCUT2D eigenvalue weighted by Crippen LogP contribution is 2.48. The fourth-order valence-electron chi connectivity index (χ4n) is 6.84. The molecule has 0 amide bonds. The molecule has 302 valence electrons. The van der Waals surface area contributed by atoms with Gasteiger partial charge >= 0.3 is 7.82 Å². The van der Waals surface area contributed by atoms with Crippen molar-refractivity contribution < 1.29 is 42.6 Å². The van der Waals surface area contributed by atoms with Crippen molar-refractivity contribution in [2.75, 3.05) is 18.9 Å². The maximum absolute atomic E-state index is 14.1. The Morgan fingerprint density at radius 3 is 2.24 bits per heavy atom. The van der Waals surface area contributed by atoms with Gasteiger partial charge in [-0.15, -0.1) is 0 Å². The first-order valence-electron chi connectivity index (χ1n) is 19.5. The van der Waals surface area contributed by atoms with E-state index in [-0.39, 0.29) is 30.3 Å². The van der Waals surface area contributed by atoms with Crippen molar-refractivity contribution in [1.29, 1.82) is 10.5 Å². The molecule has 5 N–H and O–H groups in total. The molecule has 1 fully saturated rings. The third-order valence-electron chi connectivity index (χ3n) is 10.0. The van der Waals surface area contributed by atoms with Crippen LogP contribution in [0, 0.1) is 28.5 Å². The minimum absolute atomic E-state index is 0.0718. The van der Waals surface area contributed by atoms with E-state index in [4.69, 9.17) is 24.3 Å². The Labute approximate surface area is 323 Å². The molecule has 3 aromatic rings. The zero-order chi connectivity index (χ0) is 39.7. The van der Waals surface area contributed by atoms with Gasteiger partial charge in [0.05, 0.1) is 36.6 Å². The number of fused-ring (bicyclic) bond motifs is 1. The standard InChI is InChI=1S/C39H56FN6O8P/c1-2-3-4-5-6-7-8-9-10-11-12-13-14-15-16-17-32(51-24-30-20-29(23-41)21-31(40)22-30)25-52-55(49,50)53-27-39(26-42)37(48)35(47)36(54-39)33-18-19-34-38(43)44-28-45-46(33)34/h18-22,28,32,35-37,47-48H,2-17,24-25,27H2,1H3,(H,49,50)(H2,43,44,45)/t32-,35-,36?,37-,39+/m0/s1. The Kier molecular flexibility index (Phi) is 17.9. The number of hydrogen-bond donors (Lipinski definition) is 4. The molecule has 0 aliphatic carbocycles. The second kappa shape index (κ2) is 22.3. The summed E-state index contributed by atoms with van der Waals surface area (Å²) in [7, 11) is -4.87. The summed E-state index contributed by atoms with van der Waals surface area (Å²) in [6.45, 7) is 0.870. The number of nitrogens with zero attached hydrogens (tertiary/aromatic N) is 5. The van der Waals surface area contributed by atoms with Crippen molar-refractivity contribution in [3.8, 4) is 12.1 Å². The van der Waals surface area contributed by atoms with E-state index in [1.54, 1.807) is 18.2 Å². The maximum atomic E-state index is 14.1. The third kappa shape index (κ3) is 13.3. The molecule has 1 saturated heterocycles. The van der Waals surface area contributed by atoms with Crippen LogP contribution in [0.15, 0.2) is 36.7 Å². The summed E-state index contributed by atoms with van der Waals surface area (Å²) in [5.74, 6) is -0.425. The first kappa shape index (κ1) is 44.2. The normalized spacial score (nSPS) is 21.3. The molecular weight excluding hydrogens is 730 g/mol. The van der Waals surface area contributed by atoms with E-state index >= 15 is 0 Å². The summed E-state index contributed by atoms with van der Waals surface area (Å²) in [4.78, 5) is 14.5. The highest BCUT2D eigenvalue weighted by molar-refractivity contribution is 7.47. The quantitative estimate of drug-likeness (QED) is 0.0462. The summed E-state index contributed by atoms with van der Waals surface area (Å²) < 4.78 is 50.8. The Hall–Kier alpha value is -3.50. The number of unbranched alkanes of at least 4 members (excludes halogenated alkanes) is 14. The SMILES string of the molecule is CCCCCCCCCCCCCCCCC[C@@H](COP(=O)(O)OC[C@@]1(C#N)OC(c2ccc3c(N)ncnn23)[C@H](O)[C@@H]1O)OCc1cc(F)cc(C#N)c1. The summed E-state index contributed by atoms with van der Waals surface area (Å²) in [5.41, 5.74) is 4.88. The van der Waals surface area contributed by atoms with Gasteiger partial charge in [0.1, 0.15) is 48.6 Å². The Morgan fingerprint density at radius 2 is 1.62 bits per heavy atom. The van der Waals surface area contributed by atoms with E-state index in [0.29, 0.717) is 17.5 Å². The van der Waals surface area contributed by atoms with Gasteiger partial charge in [-0.1, -0.05) is 103 Å². The smallest absolute Gasteiger partial charge is 0.387 e. The number of aromatic nitrogens is 3. The molecule has 0 saturated carbocycles. The number of rotatable bonds is 26. The number of halogens is 1. The van der Waals surface area contributed by atoms with Crippen LogP contribution >= 0.6 is 7.82 Å². The van der Waals surface area contributed by atoms with Crippen LogP contribution < -0.4 is 5.73 Å². The van der Waals surface area contributed by atoms with Gasteiger partial charge in [-0.2, -0.15) is 15.6 Å². The Balaban J connectivity index is 1.26. The van der Waals surface area contributed by atoms with E-state index in [9.17, 15) is 34.6 Å². The van der Waals surface area contributed by atoms with Crippen LogP contribution in [0.3, 0.4) is 0 Å². The summed E-state index contributed by atoms with van der Waals surface area (Å²) in [6, 6.07) is 10.7. The molecule has 14 nitrogen and oxygen atoms in total. The number of nitrogens with two attached hydrogens (primary N) is 1. The van der Waals surface area contributed by atoms with Crippen LogP contribution in [0.1, 0.15) is 133 Å². The minimum atomic E-state index is -4.87. The van der Waals surface area contributed by atoms with Gasteiger partial charge in [-0.25, -0.2) is 18.5 Å². The lowest BCUT2D eigenvalue weighted by Crippen LogP contribution is -2.45. The number of phosphoric ester groups is 1. The number of nitriles is 2. The number of ether oxygens (including phenoxy) is 2. The van der Waals surface area contributed by atoms with Gasteiger partial charge in [0.15, 0.2) is 5.82 Å². The van der Waals surface area contributed by atoms with Gasteiger partial charge in [0.2, 0.25) is 5.60 Å². The number of hydrogen-bond acceptors (Lipinski definition) is 12. The second-order valence-corrected chi connectivity index (χ2v) is 15.8. The van der Waals surface area contributed by atoms with Crippen molar-refractivity contribution in [2.45, 2.75) is 146 Å². The molecule has 3 heterocycles. The largest absolute Gasteiger partial charge is 0.472 e. The lowest BCUT2D eigenvalue weighted by molar-refractivity contribution is -0.0763. The number of benzene rings is 1. The molecule has 6 atom stereocenters. The average molecular weight is 787 g/mol. The van der Waals surface area contributed by atoms with E-state index in [1.165, 1.54) is 93.6 Å². The van der Waals surface area contributed by atoms with Gasteiger partial charge < -0.3 is 30.3 Å². The molecule has 55 heavy (non-hydrogen) atoms. The molecule has 0 bridgehead atoms. The van der Waals surface area contributed by atoms with Gasteiger partial charge in [-0.05, 0) is 42.3 Å². The second-order valence-electron chi connectivity index (χ2n) is 14.3. The molecule has 1 aliphatic heterocycles. The van der Waals surface area contributed by atoms with Crippen LogP contribution in [0.4, 0.5) is 10.2 Å². The Bertz CT molecular complexity index is 1770. The fraction of sp³-hybridized carbons (Fsp3) is 0.641. The van der Waals surface area contributed by atoms with E-state index < -0.39 is 50.3 Å². The van der Waals surface area contributed by atoms with Crippen LogP contribution in [0.5, 0.6) is 0 Å². The van der Waals surface area contributed by atoms with E-state index in [1.807, 2.05) is 6.07 Å². The topological polar surface area (TPSA) is 218 Å². The lowest BCUT2D eigenvalue weighted by atomic mass is 9.96. The van der Waals surface area contributed by atoms with E-state index in [0.717, 1.165) is 31.7 Å². The lowest BCUT2D eigenvalue weighted by Gasteiger charge is -2.26. The monoisotopic (exact) mass is 786 g/mol. The van der Waals surface area contributed by atoms with Gasteiger partial charge in [0.25, 0.3) is 0 Å². The summed E-state index contributed by atoms with van der Waals surface area (Å²) in [6.07, 6.45) is 14.3. The maximum Gasteiger partial charge on any atom is 0.472 e. The molecule has 0 radical (unpaired) electrons. The fourth-order valence-corrected chi connectivity index (χ4v) is 7.62. The minimum Gasteiger partial charge on any atom is -0.387 e. The third-order valence-corrected chi connectivity index (χ3v) is 10.9. The number of nitrogen functional groups attached to an aromatic ring is 1. The van der Waals surface area contributed by atoms with Crippen molar-refractivity contribution >= 4 is 19.2 Å².